The smallest absolute Gasteiger partial charge is 0.149 e. The van der Waals surface area contributed by atoms with Crippen molar-refractivity contribution in [3.05, 3.63) is 36.7 Å². The van der Waals surface area contributed by atoms with Gasteiger partial charge in [-0.15, -0.1) is 0 Å². The summed E-state index contributed by atoms with van der Waals surface area (Å²) in [4.78, 5) is 10.7. The van der Waals surface area contributed by atoms with Gasteiger partial charge in [0.25, 0.3) is 0 Å². The van der Waals surface area contributed by atoms with Gasteiger partial charge < -0.3 is 20.1 Å². The fourth-order valence-electron chi connectivity index (χ4n) is 2.74. The Morgan fingerprint density at radius 2 is 1.83 bits per heavy atom. The number of nitrogens with two attached hydrogens (primary N) is 1. The summed E-state index contributed by atoms with van der Waals surface area (Å²) in [6.07, 6.45) is 5.49. The first kappa shape index (κ1) is 15.4. The first-order chi connectivity index (χ1) is 11.2. The topological polar surface area (TPSA) is 73.5 Å². The molecule has 1 aliphatic heterocycles. The van der Waals surface area contributed by atoms with Crippen LogP contribution in [-0.2, 0) is 0 Å². The largest absolute Gasteiger partial charge is 0.497 e. The van der Waals surface area contributed by atoms with E-state index in [1.54, 1.807) is 19.5 Å². The Bertz CT molecular complexity index is 625. The van der Waals surface area contributed by atoms with Gasteiger partial charge in [-0.2, -0.15) is 0 Å². The lowest BCUT2D eigenvalue weighted by Gasteiger charge is -2.32. The van der Waals surface area contributed by atoms with Gasteiger partial charge in [-0.1, -0.05) is 0 Å². The predicted molar refractivity (Wildman–Crippen MR) is 89.9 cm³/mol. The SMILES string of the molecule is COc1ccc(OCC2CCN(c3cncc(N)n3)CC2)cc1. The van der Waals surface area contributed by atoms with Crippen LogP contribution in [0.1, 0.15) is 12.8 Å². The molecule has 3 rings (SSSR count). The standard InChI is InChI=1S/C17H22N4O2/c1-22-14-2-4-15(5-3-14)23-12-13-6-8-21(9-7-13)17-11-19-10-16(18)20-17/h2-5,10-11,13H,6-9,12H2,1H3,(H2,18,20). The maximum Gasteiger partial charge on any atom is 0.149 e. The minimum atomic E-state index is 0.465. The van der Waals surface area contributed by atoms with Crippen molar-refractivity contribution in [1.82, 2.24) is 9.97 Å². The molecule has 1 aliphatic rings. The highest BCUT2D eigenvalue weighted by molar-refractivity contribution is 5.41. The third kappa shape index (κ3) is 4.03. The van der Waals surface area contributed by atoms with Crippen LogP contribution in [0.2, 0.25) is 0 Å². The predicted octanol–water partition coefficient (Wildman–Crippen LogP) is 2.36. The monoisotopic (exact) mass is 314 g/mol. The molecule has 2 heterocycles. The Hall–Kier alpha value is -2.50. The molecular formula is C17H22N4O2. The Labute approximate surface area is 136 Å². The van der Waals surface area contributed by atoms with Gasteiger partial charge in [0.05, 0.1) is 26.1 Å². The van der Waals surface area contributed by atoms with Crippen LogP contribution in [0.3, 0.4) is 0 Å². The quantitative estimate of drug-likeness (QED) is 0.913. The molecule has 23 heavy (non-hydrogen) atoms. The summed E-state index contributed by atoms with van der Waals surface area (Å²) in [5, 5.41) is 0. The zero-order valence-corrected chi connectivity index (χ0v) is 13.3. The lowest BCUT2D eigenvalue weighted by atomic mass is 9.98. The van der Waals surface area contributed by atoms with Gasteiger partial charge in [-0.05, 0) is 43.0 Å². The molecule has 0 spiro atoms. The summed E-state index contributed by atoms with van der Waals surface area (Å²) >= 11 is 0. The normalized spacial score (nSPS) is 15.4. The fourth-order valence-corrected chi connectivity index (χ4v) is 2.74. The molecule has 1 fully saturated rings. The van der Waals surface area contributed by atoms with Crippen LogP contribution in [0.25, 0.3) is 0 Å². The fraction of sp³-hybridized carbons (Fsp3) is 0.412. The van der Waals surface area contributed by atoms with E-state index in [-0.39, 0.29) is 0 Å². The van der Waals surface area contributed by atoms with Crippen LogP contribution in [0.5, 0.6) is 11.5 Å². The molecule has 1 saturated heterocycles. The molecule has 2 N–H and O–H groups in total. The maximum atomic E-state index is 5.88. The molecule has 0 saturated carbocycles. The van der Waals surface area contributed by atoms with Gasteiger partial charge in [0, 0.05) is 13.1 Å². The minimum Gasteiger partial charge on any atom is -0.497 e. The van der Waals surface area contributed by atoms with Crippen LogP contribution in [-0.4, -0.2) is 36.8 Å². The average Bonchev–Trinajstić information content (AvgIpc) is 2.61. The molecule has 0 radical (unpaired) electrons. The zero-order valence-electron chi connectivity index (χ0n) is 13.3. The van der Waals surface area contributed by atoms with E-state index < -0.39 is 0 Å². The summed E-state index contributed by atoms with van der Waals surface area (Å²) < 4.78 is 11.0. The Kier molecular flexibility index (Phi) is 4.80. The molecular weight excluding hydrogens is 292 g/mol. The summed E-state index contributed by atoms with van der Waals surface area (Å²) in [7, 11) is 1.66. The summed E-state index contributed by atoms with van der Waals surface area (Å²) in [5.74, 6) is 3.61. The van der Waals surface area contributed by atoms with E-state index in [1.165, 1.54) is 0 Å². The number of benzene rings is 1. The van der Waals surface area contributed by atoms with Crippen molar-refractivity contribution in [3.8, 4) is 11.5 Å². The van der Waals surface area contributed by atoms with Crippen molar-refractivity contribution in [3.63, 3.8) is 0 Å². The van der Waals surface area contributed by atoms with Crippen molar-refractivity contribution in [2.24, 2.45) is 5.92 Å². The highest BCUT2D eigenvalue weighted by Crippen LogP contribution is 2.23. The van der Waals surface area contributed by atoms with Crippen LogP contribution in [0.15, 0.2) is 36.7 Å². The number of methoxy groups -OCH3 is 1. The van der Waals surface area contributed by atoms with Gasteiger partial charge in [0.2, 0.25) is 0 Å². The number of nitrogens with zero attached hydrogens (tertiary/aromatic N) is 3. The molecule has 0 amide bonds. The average molecular weight is 314 g/mol. The summed E-state index contributed by atoms with van der Waals surface area (Å²) in [6.45, 7) is 2.65. The Morgan fingerprint density at radius 3 is 2.48 bits per heavy atom. The first-order valence-electron chi connectivity index (χ1n) is 7.84. The van der Waals surface area contributed by atoms with E-state index in [1.807, 2.05) is 24.3 Å². The molecule has 122 valence electrons. The van der Waals surface area contributed by atoms with E-state index in [4.69, 9.17) is 15.2 Å². The second-order valence-electron chi connectivity index (χ2n) is 5.72. The van der Waals surface area contributed by atoms with Gasteiger partial charge >= 0.3 is 0 Å². The third-order valence-electron chi connectivity index (χ3n) is 4.12. The van der Waals surface area contributed by atoms with Crippen molar-refractivity contribution in [2.75, 3.05) is 37.4 Å². The summed E-state index contributed by atoms with van der Waals surface area (Å²) in [5.41, 5.74) is 5.70. The van der Waals surface area contributed by atoms with Crippen molar-refractivity contribution >= 4 is 11.6 Å². The maximum absolute atomic E-state index is 5.88. The highest BCUT2D eigenvalue weighted by atomic mass is 16.5. The van der Waals surface area contributed by atoms with E-state index in [2.05, 4.69) is 14.9 Å². The number of rotatable bonds is 5. The second-order valence-corrected chi connectivity index (χ2v) is 5.72. The van der Waals surface area contributed by atoms with Crippen molar-refractivity contribution < 1.29 is 9.47 Å². The Balaban J connectivity index is 1.47. The van der Waals surface area contributed by atoms with Crippen LogP contribution in [0.4, 0.5) is 11.6 Å². The van der Waals surface area contributed by atoms with Gasteiger partial charge in [0.1, 0.15) is 23.1 Å². The first-order valence-corrected chi connectivity index (χ1v) is 7.84. The van der Waals surface area contributed by atoms with Gasteiger partial charge in [-0.25, -0.2) is 4.98 Å². The number of hydrogen-bond donors (Lipinski definition) is 1. The van der Waals surface area contributed by atoms with E-state index in [9.17, 15) is 0 Å². The lowest BCUT2D eigenvalue weighted by molar-refractivity contribution is 0.222. The zero-order chi connectivity index (χ0) is 16.1. The number of aromatic nitrogens is 2. The highest BCUT2D eigenvalue weighted by Gasteiger charge is 2.21. The molecule has 0 aliphatic carbocycles. The van der Waals surface area contributed by atoms with E-state index in [0.29, 0.717) is 11.7 Å². The van der Waals surface area contributed by atoms with E-state index >= 15 is 0 Å². The number of ether oxygens (including phenoxy) is 2. The number of nitrogen functional groups attached to an aromatic ring is 1. The van der Waals surface area contributed by atoms with E-state index in [0.717, 1.165) is 49.9 Å². The van der Waals surface area contributed by atoms with Crippen LogP contribution < -0.4 is 20.1 Å². The lowest BCUT2D eigenvalue weighted by Crippen LogP contribution is -2.36. The van der Waals surface area contributed by atoms with Crippen LogP contribution >= 0.6 is 0 Å². The van der Waals surface area contributed by atoms with Crippen molar-refractivity contribution in [2.45, 2.75) is 12.8 Å². The van der Waals surface area contributed by atoms with Crippen molar-refractivity contribution in [1.29, 1.82) is 0 Å². The summed E-state index contributed by atoms with van der Waals surface area (Å²) in [6, 6.07) is 7.71. The molecule has 6 heteroatoms. The molecule has 1 aromatic carbocycles. The third-order valence-corrected chi connectivity index (χ3v) is 4.12. The van der Waals surface area contributed by atoms with Gasteiger partial charge in [-0.3, -0.25) is 4.98 Å². The minimum absolute atomic E-state index is 0.465. The number of anilines is 2. The molecule has 0 bridgehead atoms. The van der Waals surface area contributed by atoms with Crippen LogP contribution in [0, 0.1) is 5.92 Å². The molecule has 2 aromatic rings. The number of piperidine rings is 1. The molecule has 1 aromatic heterocycles. The second kappa shape index (κ2) is 7.17. The van der Waals surface area contributed by atoms with Gasteiger partial charge in [0.15, 0.2) is 0 Å². The molecule has 6 nitrogen and oxygen atoms in total. The Morgan fingerprint density at radius 1 is 1.13 bits per heavy atom. The number of hydrogen-bond acceptors (Lipinski definition) is 6. The molecule has 0 atom stereocenters. The molecule has 0 unspecified atom stereocenters.